The van der Waals surface area contributed by atoms with E-state index in [0.29, 0.717) is 0 Å². The van der Waals surface area contributed by atoms with Crippen molar-refractivity contribution in [3.63, 3.8) is 0 Å². The molecule has 0 spiro atoms. The first kappa shape index (κ1) is 31.8. The largest absolute Gasteiger partial charge is 0.309 e. The van der Waals surface area contributed by atoms with Gasteiger partial charge in [0.1, 0.15) is 0 Å². The quantitative estimate of drug-likeness (QED) is 0.170. The van der Waals surface area contributed by atoms with Gasteiger partial charge in [0, 0.05) is 69.6 Å². The standard InChI is InChI=1S/C54H33N3S/c1-2-12-36(13-3-1)56-47-20-7-5-15-40(47)45-32-35(26-30-49(45)56)34-24-27-37(28-25-34)55(38-29-31-52-46(33-38)41-16-6-9-23-51(41)58-52)50-22-11-19-44-43-18-10-17-42-39-14-4-8-21-48(39)57(53(42)43)54(44)50/h1-33H. The van der Waals surface area contributed by atoms with Gasteiger partial charge in [-0.1, -0.05) is 121 Å². The van der Waals surface area contributed by atoms with Crippen LogP contribution in [0.1, 0.15) is 0 Å². The van der Waals surface area contributed by atoms with Crippen molar-refractivity contribution >= 4 is 108 Å². The molecule has 0 fully saturated rings. The zero-order valence-electron chi connectivity index (χ0n) is 31.3. The molecular weight excluding hydrogens is 723 g/mol. The number of aromatic nitrogens is 2. The predicted molar refractivity (Wildman–Crippen MR) is 248 cm³/mol. The first-order chi connectivity index (χ1) is 28.8. The molecule has 4 heterocycles. The minimum atomic E-state index is 1.11. The van der Waals surface area contributed by atoms with Crippen LogP contribution in [0.4, 0.5) is 17.1 Å². The van der Waals surface area contributed by atoms with Crippen LogP contribution in [-0.2, 0) is 0 Å². The smallest absolute Gasteiger partial charge is 0.0782 e. The zero-order valence-corrected chi connectivity index (χ0v) is 32.1. The topological polar surface area (TPSA) is 12.6 Å². The van der Waals surface area contributed by atoms with Gasteiger partial charge in [-0.15, -0.1) is 11.3 Å². The van der Waals surface area contributed by atoms with Crippen molar-refractivity contribution < 1.29 is 0 Å². The minimum absolute atomic E-state index is 1.11. The lowest BCUT2D eigenvalue weighted by Gasteiger charge is -2.27. The number of nitrogens with zero attached hydrogens (tertiary/aromatic N) is 3. The summed E-state index contributed by atoms with van der Waals surface area (Å²) in [6.07, 6.45) is 0. The van der Waals surface area contributed by atoms with Gasteiger partial charge in [-0.2, -0.15) is 0 Å². The molecule has 58 heavy (non-hydrogen) atoms. The van der Waals surface area contributed by atoms with Crippen LogP contribution in [0.25, 0.3) is 96.9 Å². The molecule has 3 nitrogen and oxygen atoms in total. The van der Waals surface area contributed by atoms with Crippen molar-refractivity contribution in [1.82, 2.24) is 8.97 Å². The molecule has 4 aromatic heterocycles. The number of hydrogen-bond acceptors (Lipinski definition) is 2. The maximum absolute atomic E-state index is 2.51. The third kappa shape index (κ3) is 4.43. The summed E-state index contributed by atoms with van der Waals surface area (Å²) in [5, 5.41) is 10.2. The molecule has 0 N–H and O–H groups in total. The van der Waals surface area contributed by atoms with Crippen LogP contribution in [0.2, 0.25) is 0 Å². The number of rotatable bonds is 5. The van der Waals surface area contributed by atoms with Crippen LogP contribution >= 0.6 is 11.3 Å². The predicted octanol–water partition coefficient (Wildman–Crippen LogP) is 15.4. The average molecular weight is 756 g/mol. The van der Waals surface area contributed by atoms with E-state index in [-0.39, 0.29) is 0 Å². The summed E-state index contributed by atoms with van der Waals surface area (Å²) in [5.74, 6) is 0. The fraction of sp³-hybridized carbons (Fsp3) is 0. The van der Waals surface area contributed by atoms with Crippen LogP contribution in [-0.4, -0.2) is 8.97 Å². The van der Waals surface area contributed by atoms with Crippen molar-refractivity contribution in [2.45, 2.75) is 0 Å². The lowest BCUT2D eigenvalue weighted by Crippen LogP contribution is -2.11. The van der Waals surface area contributed by atoms with Gasteiger partial charge in [0.2, 0.25) is 0 Å². The lowest BCUT2D eigenvalue weighted by molar-refractivity contribution is 1.18. The number of hydrogen-bond donors (Lipinski definition) is 0. The third-order valence-corrected chi connectivity index (χ3v) is 13.4. The molecule has 0 unspecified atom stereocenters. The first-order valence-electron chi connectivity index (χ1n) is 19.8. The van der Waals surface area contributed by atoms with Gasteiger partial charge >= 0.3 is 0 Å². The second-order valence-electron chi connectivity index (χ2n) is 15.3. The molecule has 0 saturated carbocycles. The van der Waals surface area contributed by atoms with E-state index in [1.807, 2.05) is 11.3 Å². The molecule has 270 valence electrons. The van der Waals surface area contributed by atoms with Gasteiger partial charge in [-0.3, -0.25) is 0 Å². The van der Waals surface area contributed by atoms with Gasteiger partial charge in [-0.25, -0.2) is 0 Å². The van der Waals surface area contributed by atoms with E-state index in [9.17, 15) is 0 Å². The normalized spacial score (nSPS) is 12.1. The molecule has 4 heteroatoms. The Morgan fingerprint density at radius 1 is 0.345 bits per heavy atom. The van der Waals surface area contributed by atoms with Gasteiger partial charge in [-0.05, 0) is 90.0 Å². The molecule has 0 atom stereocenters. The van der Waals surface area contributed by atoms with Crippen molar-refractivity contribution in [2.75, 3.05) is 4.90 Å². The molecular formula is C54H33N3S. The highest BCUT2D eigenvalue weighted by Crippen LogP contribution is 2.47. The Morgan fingerprint density at radius 2 is 0.931 bits per heavy atom. The third-order valence-electron chi connectivity index (χ3n) is 12.2. The highest BCUT2D eigenvalue weighted by Gasteiger charge is 2.24. The lowest BCUT2D eigenvalue weighted by atomic mass is 10.0. The van der Waals surface area contributed by atoms with E-state index in [1.165, 1.54) is 96.9 Å². The highest BCUT2D eigenvalue weighted by atomic mass is 32.1. The molecule has 0 amide bonds. The van der Waals surface area contributed by atoms with E-state index in [2.05, 4.69) is 214 Å². The Labute approximate surface area is 337 Å². The SMILES string of the molecule is c1ccc(-n2c3ccccc3c3cc(-c4ccc(N(c5ccc6sc7ccccc7c6c5)c5cccc6c7cccc8c9ccccc9n(c56)c87)cc4)ccc32)cc1. The van der Waals surface area contributed by atoms with Crippen LogP contribution < -0.4 is 4.90 Å². The Bertz CT molecular complexity index is 3740. The average Bonchev–Trinajstić information content (AvgIpc) is 4.03. The maximum Gasteiger partial charge on any atom is 0.0782 e. The molecule has 9 aromatic carbocycles. The fourth-order valence-electron chi connectivity index (χ4n) is 9.72. The van der Waals surface area contributed by atoms with E-state index < -0.39 is 0 Å². The van der Waals surface area contributed by atoms with Crippen molar-refractivity contribution in [1.29, 1.82) is 0 Å². The van der Waals surface area contributed by atoms with Crippen LogP contribution in [0, 0.1) is 0 Å². The highest BCUT2D eigenvalue weighted by molar-refractivity contribution is 7.25. The van der Waals surface area contributed by atoms with Gasteiger partial charge in [0.15, 0.2) is 0 Å². The minimum Gasteiger partial charge on any atom is -0.309 e. The maximum atomic E-state index is 2.51. The number of benzene rings is 9. The van der Waals surface area contributed by atoms with E-state index in [0.717, 1.165) is 17.1 Å². The molecule has 0 aliphatic carbocycles. The summed E-state index contributed by atoms with van der Waals surface area (Å²) < 4.78 is 7.49. The number of anilines is 3. The number of fused-ring (bicyclic) bond motifs is 12. The second-order valence-corrected chi connectivity index (χ2v) is 16.4. The zero-order chi connectivity index (χ0) is 37.9. The van der Waals surface area contributed by atoms with Crippen LogP contribution in [0.15, 0.2) is 200 Å². The number of para-hydroxylation sites is 5. The Morgan fingerprint density at radius 3 is 1.76 bits per heavy atom. The van der Waals surface area contributed by atoms with Crippen LogP contribution in [0.5, 0.6) is 0 Å². The number of thiophene rings is 1. The van der Waals surface area contributed by atoms with Crippen molar-refractivity contribution in [3.8, 4) is 16.8 Å². The first-order valence-corrected chi connectivity index (χ1v) is 20.7. The molecule has 13 rings (SSSR count). The summed E-state index contributed by atoms with van der Waals surface area (Å²) in [6, 6.07) is 73.7. The molecule has 0 bridgehead atoms. The summed E-state index contributed by atoms with van der Waals surface area (Å²) in [6.45, 7) is 0. The molecule has 0 radical (unpaired) electrons. The van der Waals surface area contributed by atoms with Gasteiger partial charge in [0.25, 0.3) is 0 Å². The summed E-state index contributed by atoms with van der Waals surface area (Å²) in [5.41, 5.74) is 13.1. The van der Waals surface area contributed by atoms with Crippen molar-refractivity contribution in [3.05, 3.63) is 200 Å². The Balaban J connectivity index is 1.02. The van der Waals surface area contributed by atoms with Gasteiger partial charge < -0.3 is 13.9 Å². The molecule has 0 aliphatic rings. The monoisotopic (exact) mass is 755 g/mol. The molecule has 13 aromatic rings. The van der Waals surface area contributed by atoms with Crippen LogP contribution in [0.3, 0.4) is 0 Å². The molecule has 0 aliphatic heterocycles. The fourth-order valence-corrected chi connectivity index (χ4v) is 10.8. The Hall–Kier alpha value is -7.40. The van der Waals surface area contributed by atoms with E-state index in [1.54, 1.807) is 0 Å². The second kappa shape index (κ2) is 12.1. The Kier molecular flexibility index (Phi) is 6.60. The summed E-state index contributed by atoms with van der Waals surface area (Å²) in [4.78, 5) is 2.47. The van der Waals surface area contributed by atoms with E-state index >= 15 is 0 Å². The van der Waals surface area contributed by atoms with Crippen molar-refractivity contribution in [2.24, 2.45) is 0 Å². The van der Waals surface area contributed by atoms with Gasteiger partial charge in [0.05, 0.1) is 33.3 Å². The molecule has 0 saturated heterocycles. The summed E-state index contributed by atoms with van der Waals surface area (Å²) in [7, 11) is 0. The summed E-state index contributed by atoms with van der Waals surface area (Å²) >= 11 is 1.86. The van der Waals surface area contributed by atoms with E-state index in [4.69, 9.17) is 0 Å².